The summed E-state index contributed by atoms with van der Waals surface area (Å²) in [6.45, 7) is 13.7. The van der Waals surface area contributed by atoms with Gasteiger partial charge in [0.05, 0.1) is 0 Å². The van der Waals surface area contributed by atoms with Crippen LogP contribution in [0.3, 0.4) is 0 Å². The number of aryl methyl sites for hydroxylation is 1. The molecule has 1 N–H and O–H groups in total. The molecule has 6 nitrogen and oxygen atoms in total. The maximum absolute atomic E-state index is 13.0. The lowest BCUT2D eigenvalue weighted by Crippen LogP contribution is -2.37. The quantitative estimate of drug-likeness (QED) is 0.883. The van der Waals surface area contributed by atoms with Crippen molar-refractivity contribution in [2.75, 3.05) is 0 Å². The molecule has 1 atom stereocenters. The van der Waals surface area contributed by atoms with Crippen LogP contribution in [0.15, 0.2) is 9.59 Å². The predicted octanol–water partition coefficient (Wildman–Crippen LogP) is 2.93. The fraction of sp³-hybridized carbons (Fsp3) is 0.722. The lowest BCUT2D eigenvalue weighted by atomic mass is 9.96. The normalized spacial score (nSPS) is 13.6. The first-order valence-corrected chi connectivity index (χ1v) is 8.90. The van der Waals surface area contributed by atoms with E-state index in [1.807, 2.05) is 11.5 Å². The van der Waals surface area contributed by atoms with Gasteiger partial charge in [0, 0.05) is 19.5 Å². The molecule has 0 amide bonds. The molecule has 24 heavy (non-hydrogen) atoms. The summed E-state index contributed by atoms with van der Waals surface area (Å²) in [6, 6.07) is 0. The third kappa shape index (κ3) is 3.79. The lowest BCUT2D eigenvalue weighted by Gasteiger charge is -2.21. The van der Waals surface area contributed by atoms with Crippen LogP contribution in [-0.4, -0.2) is 19.1 Å². The first-order chi connectivity index (χ1) is 11.2. The number of fused-ring (bicyclic) bond motifs is 1. The second kappa shape index (κ2) is 6.95. The Kier molecular flexibility index (Phi) is 5.35. The van der Waals surface area contributed by atoms with Crippen molar-refractivity contribution in [3.05, 3.63) is 26.7 Å². The number of aromatic nitrogens is 4. The van der Waals surface area contributed by atoms with Crippen molar-refractivity contribution in [2.45, 2.75) is 73.9 Å². The maximum atomic E-state index is 13.0. The molecule has 2 rings (SSSR count). The van der Waals surface area contributed by atoms with Crippen LogP contribution >= 0.6 is 0 Å². The Morgan fingerprint density at radius 2 is 1.83 bits per heavy atom. The summed E-state index contributed by atoms with van der Waals surface area (Å²) in [5.41, 5.74) is 0.360. The summed E-state index contributed by atoms with van der Waals surface area (Å²) >= 11 is 0. The van der Waals surface area contributed by atoms with E-state index in [1.165, 1.54) is 4.57 Å². The van der Waals surface area contributed by atoms with Crippen molar-refractivity contribution in [1.82, 2.24) is 19.1 Å². The molecule has 0 fully saturated rings. The van der Waals surface area contributed by atoms with Crippen LogP contribution in [0.5, 0.6) is 0 Å². The Hall–Kier alpha value is -1.85. The van der Waals surface area contributed by atoms with E-state index in [9.17, 15) is 9.59 Å². The highest BCUT2D eigenvalue weighted by atomic mass is 16.2. The zero-order valence-electron chi connectivity index (χ0n) is 15.8. The van der Waals surface area contributed by atoms with Crippen molar-refractivity contribution in [1.29, 1.82) is 0 Å². The second-order valence-electron chi connectivity index (χ2n) is 7.98. The molecular formula is C18H30N4O2. The van der Waals surface area contributed by atoms with Crippen molar-refractivity contribution in [3.8, 4) is 0 Å². The van der Waals surface area contributed by atoms with Gasteiger partial charge in [-0.15, -0.1) is 0 Å². The highest BCUT2D eigenvalue weighted by molar-refractivity contribution is 5.70. The average Bonchev–Trinajstić information content (AvgIpc) is 2.79. The fourth-order valence-electron chi connectivity index (χ4n) is 2.86. The molecule has 6 heteroatoms. The summed E-state index contributed by atoms with van der Waals surface area (Å²) in [7, 11) is 0. The van der Waals surface area contributed by atoms with Gasteiger partial charge in [0.25, 0.3) is 5.56 Å². The number of hydrogen-bond donors (Lipinski definition) is 1. The van der Waals surface area contributed by atoms with Gasteiger partial charge in [-0.05, 0) is 17.8 Å². The zero-order valence-corrected chi connectivity index (χ0v) is 15.8. The molecule has 0 saturated heterocycles. The lowest BCUT2D eigenvalue weighted by molar-refractivity contribution is 0.342. The van der Waals surface area contributed by atoms with E-state index in [0.717, 1.165) is 25.1 Å². The van der Waals surface area contributed by atoms with Gasteiger partial charge in [0.2, 0.25) is 0 Å². The third-order valence-corrected chi connectivity index (χ3v) is 4.26. The Morgan fingerprint density at radius 1 is 1.17 bits per heavy atom. The number of aromatic amines is 1. The topological polar surface area (TPSA) is 72.7 Å². The smallest absolute Gasteiger partial charge is 0.322 e. The Morgan fingerprint density at radius 3 is 2.38 bits per heavy atom. The summed E-state index contributed by atoms with van der Waals surface area (Å²) in [4.78, 5) is 32.7. The molecule has 0 aliphatic carbocycles. The fourth-order valence-corrected chi connectivity index (χ4v) is 2.86. The minimum Gasteiger partial charge on any atom is -0.322 e. The van der Waals surface area contributed by atoms with E-state index in [-0.39, 0.29) is 22.6 Å². The average molecular weight is 334 g/mol. The van der Waals surface area contributed by atoms with Crippen LogP contribution in [0.1, 0.15) is 60.2 Å². The van der Waals surface area contributed by atoms with Crippen molar-refractivity contribution in [3.63, 3.8) is 0 Å². The van der Waals surface area contributed by atoms with Gasteiger partial charge in [0.1, 0.15) is 5.82 Å². The number of rotatable bonds is 6. The third-order valence-electron chi connectivity index (χ3n) is 4.26. The maximum Gasteiger partial charge on any atom is 0.330 e. The van der Waals surface area contributed by atoms with Crippen LogP contribution in [0.2, 0.25) is 0 Å². The largest absolute Gasteiger partial charge is 0.330 e. The highest BCUT2D eigenvalue weighted by Crippen LogP contribution is 2.21. The first-order valence-electron chi connectivity index (χ1n) is 8.90. The van der Waals surface area contributed by atoms with Gasteiger partial charge in [0.15, 0.2) is 11.2 Å². The van der Waals surface area contributed by atoms with Crippen LogP contribution in [0, 0.1) is 11.3 Å². The summed E-state index contributed by atoms with van der Waals surface area (Å²) in [5, 5.41) is 0. The number of imidazole rings is 1. The first kappa shape index (κ1) is 18.5. The Bertz CT molecular complexity index is 820. The Balaban J connectivity index is 2.72. The van der Waals surface area contributed by atoms with E-state index in [2.05, 4.69) is 44.6 Å². The van der Waals surface area contributed by atoms with Crippen molar-refractivity contribution >= 4 is 11.2 Å². The number of H-pyrrole nitrogens is 1. The van der Waals surface area contributed by atoms with Gasteiger partial charge in [-0.2, -0.15) is 0 Å². The molecule has 0 radical (unpaired) electrons. The van der Waals surface area contributed by atoms with Crippen LogP contribution < -0.4 is 11.2 Å². The minimum atomic E-state index is -0.365. The van der Waals surface area contributed by atoms with Crippen molar-refractivity contribution < 1.29 is 0 Å². The molecule has 2 aromatic heterocycles. The molecule has 0 saturated carbocycles. The molecule has 1 unspecified atom stereocenters. The van der Waals surface area contributed by atoms with E-state index in [1.54, 1.807) is 0 Å². The molecule has 0 spiro atoms. The molecule has 2 aromatic rings. The van der Waals surface area contributed by atoms with E-state index < -0.39 is 0 Å². The van der Waals surface area contributed by atoms with Gasteiger partial charge < -0.3 is 4.57 Å². The highest BCUT2D eigenvalue weighted by Gasteiger charge is 2.21. The monoisotopic (exact) mass is 334 g/mol. The second-order valence-corrected chi connectivity index (χ2v) is 7.98. The van der Waals surface area contributed by atoms with Gasteiger partial charge in [-0.3, -0.25) is 14.3 Å². The van der Waals surface area contributed by atoms with E-state index >= 15 is 0 Å². The summed E-state index contributed by atoms with van der Waals surface area (Å²) in [5.74, 6) is 1.15. The van der Waals surface area contributed by atoms with Crippen molar-refractivity contribution in [2.24, 2.45) is 11.3 Å². The Labute approximate surface area is 142 Å². The van der Waals surface area contributed by atoms with E-state index in [4.69, 9.17) is 0 Å². The van der Waals surface area contributed by atoms with Gasteiger partial charge in [-0.1, -0.05) is 48.0 Å². The molecule has 0 aromatic carbocycles. The zero-order chi connectivity index (χ0) is 18.1. The van der Waals surface area contributed by atoms with Crippen LogP contribution in [0.4, 0.5) is 0 Å². The summed E-state index contributed by atoms with van der Waals surface area (Å²) < 4.78 is 3.33. The summed E-state index contributed by atoms with van der Waals surface area (Å²) in [6.07, 6.45) is 2.66. The molecular weight excluding hydrogens is 304 g/mol. The molecule has 134 valence electrons. The molecule has 0 bridgehead atoms. The van der Waals surface area contributed by atoms with Crippen LogP contribution in [-0.2, 0) is 19.5 Å². The number of hydrogen-bond acceptors (Lipinski definition) is 3. The van der Waals surface area contributed by atoms with Crippen LogP contribution in [0.25, 0.3) is 11.2 Å². The standard InChI is InChI=1S/C18H30N4O2/c1-7-9-13-19-15-14(22(13)11-18(4,5)6)16(23)21(17(24)20-15)10-12(3)8-2/h12H,7-11H2,1-6H3,(H,20,24). The molecule has 2 heterocycles. The SMILES string of the molecule is CCCc1nc2[nH]c(=O)n(CC(C)CC)c(=O)c2n1CC(C)(C)C. The number of nitrogens with one attached hydrogen (secondary N) is 1. The minimum absolute atomic E-state index is 0.0141. The van der Waals surface area contributed by atoms with Gasteiger partial charge >= 0.3 is 5.69 Å². The number of nitrogens with zero attached hydrogens (tertiary/aromatic N) is 3. The molecule has 0 aliphatic rings. The van der Waals surface area contributed by atoms with E-state index in [0.29, 0.717) is 24.3 Å². The molecule has 0 aliphatic heterocycles. The predicted molar refractivity (Wildman–Crippen MR) is 97.5 cm³/mol. The van der Waals surface area contributed by atoms with Gasteiger partial charge in [-0.25, -0.2) is 9.78 Å².